The number of amides is 1. The van der Waals surface area contributed by atoms with Crippen LogP contribution < -0.4 is 4.90 Å². The van der Waals surface area contributed by atoms with Crippen molar-refractivity contribution in [2.75, 3.05) is 11.4 Å². The van der Waals surface area contributed by atoms with E-state index in [0.717, 1.165) is 16.6 Å². The standard InChI is InChI=1S/C20H17Cl2N3O/c1-3-5-19(26)25(10-4-2)18-9-7-13(21)11-15(18)20-23-16-8-6-14(22)12-17(16)24-20/h3-9,11-12H,2,10H2,1H3,(H,23,24)/b5-3+. The fraction of sp³-hybridized carbons (Fsp3) is 0.100. The van der Waals surface area contributed by atoms with Crippen LogP contribution in [-0.4, -0.2) is 22.4 Å². The topological polar surface area (TPSA) is 49.0 Å². The number of aromatic nitrogens is 2. The molecular formula is C20H17Cl2N3O. The molecule has 0 atom stereocenters. The second-order valence-corrected chi connectivity index (χ2v) is 6.52. The maximum Gasteiger partial charge on any atom is 0.250 e. The van der Waals surface area contributed by atoms with Crippen LogP contribution >= 0.6 is 23.2 Å². The van der Waals surface area contributed by atoms with Crippen LogP contribution in [0.3, 0.4) is 0 Å². The molecule has 132 valence electrons. The van der Waals surface area contributed by atoms with Crippen LogP contribution in [0, 0.1) is 0 Å². The summed E-state index contributed by atoms with van der Waals surface area (Å²) in [7, 11) is 0. The molecule has 0 radical (unpaired) electrons. The number of hydrogen-bond acceptors (Lipinski definition) is 2. The lowest BCUT2D eigenvalue weighted by Gasteiger charge is -2.22. The molecule has 0 aliphatic rings. The predicted molar refractivity (Wildman–Crippen MR) is 109 cm³/mol. The number of hydrogen-bond donors (Lipinski definition) is 1. The van der Waals surface area contributed by atoms with Gasteiger partial charge in [0.1, 0.15) is 5.82 Å². The largest absolute Gasteiger partial charge is 0.338 e. The number of nitrogens with zero attached hydrogens (tertiary/aromatic N) is 2. The number of fused-ring (bicyclic) bond motifs is 1. The van der Waals surface area contributed by atoms with Crippen LogP contribution in [0.5, 0.6) is 0 Å². The van der Waals surface area contributed by atoms with Crippen LogP contribution in [0.1, 0.15) is 6.92 Å². The first-order valence-electron chi connectivity index (χ1n) is 8.03. The Morgan fingerprint density at radius 2 is 1.96 bits per heavy atom. The molecule has 3 aromatic rings. The van der Waals surface area contributed by atoms with Gasteiger partial charge in [0.2, 0.25) is 0 Å². The van der Waals surface area contributed by atoms with Crippen molar-refractivity contribution >= 4 is 45.8 Å². The van der Waals surface area contributed by atoms with Gasteiger partial charge >= 0.3 is 0 Å². The second kappa shape index (κ2) is 7.77. The molecule has 1 heterocycles. The summed E-state index contributed by atoms with van der Waals surface area (Å²) < 4.78 is 0. The van der Waals surface area contributed by atoms with E-state index in [0.29, 0.717) is 28.1 Å². The Hall–Kier alpha value is -2.56. The molecule has 0 spiro atoms. The van der Waals surface area contributed by atoms with E-state index in [-0.39, 0.29) is 5.91 Å². The molecule has 0 saturated carbocycles. The Bertz CT molecular complexity index is 1010. The van der Waals surface area contributed by atoms with Gasteiger partial charge < -0.3 is 9.88 Å². The van der Waals surface area contributed by atoms with Crippen LogP contribution in [0.2, 0.25) is 10.0 Å². The molecule has 1 amide bonds. The molecule has 1 N–H and O–H groups in total. The zero-order valence-electron chi connectivity index (χ0n) is 14.2. The van der Waals surface area contributed by atoms with E-state index in [9.17, 15) is 4.79 Å². The third-order valence-electron chi connectivity index (χ3n) is 3.84. The number of imidazole rings is 1. The van der Waals surface area contributed by atoms with E-state index in [1.165, 1.54) is 6.08 Å². The summed E-state index contributed by atoms with van der Waals surface area (Å²) in [5, 5.41) is 1.18. The van der Waals surface area contributed by atoms with E-state index < -0.39 is 0 Å². The quantitative estimate of drug-likeness (QED) is 0.456. The highest BCUT2D eigenvalue weighted by Crippen LogP contribution is 2.33. The molecule has 0 unspecified atom stereocenters. The Kier molecular flexibility index (Phi) is 5.45. The van der Waals surface area contributed by atoms with Gasteiger partial charge in [0.15, 0.2) is 0 Å². The first kappa shape index (κ1) is 18.2. The van der Waals surface area contributed by atoms with Crippen molar-refractivity contribution in [1.82, 2.24) is 9.97 Å². The summed E-state index contributed by atoms with van der Waals surface area (Å²) in [6, 6.07) is 10.8. The van der Waals surface area contributed by atoms with Crippen LogP contribution in [0.4, 0.5) is 5.69 Å². The first-order valence-corrected chi connectivity index (χ1v) is 8.79. The van der Waals surface area contributed by atoms with Gasteiger partial charge in [0.05, 0.1) is 16.7 Å². The smallest absolute Gasteiger partial charge is 0.250 e. The fourth-order valence-corrected chi connectivity index (χ4v) is 3.06. The normalized spacial score (nSPS) is 11.2. The van der Waals surface area contributed by atoms with Gasteiger partial charge in [-0.1, -0.05) is 35.4 Å². The summed E-state index contributed by atoms with van der Waals surface area (Å²) >= 11 is 12.3. The van der Waals surface area contributed by atoms with Crippen molar-refractivity contribution in [3.8, 4) is 11.4 Å². The summed E-state index contributed by atoms with van der Waals surface area (Å²) in [5.74, 6) is 0.470. The van der Waals surface area contributed by atoms with Crippen molar-refractivity contribution in [2.24, 2.45) is 0 Å². The predicted octanol–water partition coefficient (Wildman–Crippen LogP) is 5.63. The summed E-state index contributed by atoms with van der Waals surface area (Å²) in [4.78, 5) is 22.0. The Morgan fingerprint density at radius 3 is 2.69 bits per heavy atom. The SMILES string of the molecule is C=CCN(C(=O)/C=C/C)c1ccc(Cl)cc1-c1nc2ccc(Cl)cc2[nH]1. The number of carbonyl (C=O) groups is 1. The Balaban J connectivity index is 2.17. The number of nitrogens with one attached hydrogen (secondary N) is 1. The molecule has 6 heteroatoms. The highest BCUT2D eigenvalue weighted by Gasteiger charge is 2.19. The zero-order valence-corrected chi connectivity index (χ0v) is 15.7. The summed E-state index contributed by atoms with van der Waals surface area (Å²) in [6.07, 6.45) is 4.90. The Labute approximate surface area is 161 Å². The van der Waals surface area contributed by atoms with Crippen molar-refractivity contribution in [1.29, 1.82) is 0 Å². The highest BCUT2D eigenvalue weighted by molar-refractivity contribution is 6.31. The summed E-state index contributed by atoms with van der Waals surface area (Å²) in [5.41, 5.74) is 3.02. The van der Waals surface area contributed by atoms with E-state index >= 15 is 0 Å². The van der Waals surface area contributed by atoms with Gasteiger partial charge in [-0.2, -0.15) is 0 Å². The average molecular weight is 386 g/mol. The van der Waals surface area contributed by atoms with Gasteiger partial charge in [-0.05, 0) is 49.4 Å². The molecule has 0 saturated heterocycles. The van der Waals surface area contributed by atoms with Crippen LogP contribution in [0.25, 0.3) is 22.4 Å². The minimum Gasteiger partial charge on any atom is -0.338 e. The van der Waals surface area contributed by atoms with Crippen LogP contribution in [-0.2, 0) is 4.79 Å². The molecule has 0 fully saturated rings. The third kappa shape index (κ3) is 3.66. The van der Waals surface area contributed by atoms with Gasteiger partial charge in [0, 0.05) is 22.2 Å². The maximum atomic E-state index is 12.5. The molecule has 0 aliphatic carbocycles. The average Bonchev–Trinajstić information content (AvgIpc) is 3.03. The van der Waals surface area contributed by atoms with Crippen molar-refractivity contribution in [3.63, 3.8) is 0 Å². The summed E-state index contributed by atoms with van der Waals surface area (Å²) in [6.45, 7) is 5.92. The number of allylic oxidation sites excluding steroid dienone is 1. The number of rotatable bonds is 5. The van der Waals surface area contributed by atoms with Gasteiger partial charge in [0.25, 0.3) is 5.91 Å². The molecule has 0 bridgehead atoms. The molecule has 0 aliphatic heterocycles. The highest BCUT2D eigenvalue weighted by atomic mass is 35.5. The molecule has 4 nitrogen and oxygen atoms in total. The molecule has 26 heavy (non-hydrogen) atoms. The Morgan fingerprint density at radius 1 is 1.23 bits per heavy atom. The van der Waals surface area contributed by atoms with E-state index in [1.807, 2.05) is 18.2 Å². The maximum absolute atomic E-state index is 12.5. The minimum absolute atomic E-state index is 0.143. The number of halogens is 2. The number of H-pyrrole nitrogens is 1. The van der Waals surface area contributed by atoms with Crippen molar-refractivity contribution in [2.45, 2.75) is 6.92 Å². The molecule has 3 rings (SSSR count). The molecular weight excluding hydrogens is 369 g/mol. The third-order valence-corrected chi connectivity index (χ3v) is 4.31. The fourth-order valence-electron chi connectivity index (χ4n) is 2.71. The number of anilines is 1. The van der Waals surface area contributed by atoms with Gasteiger partial charge in [-0.15, -0.1) is 6.58 Å². The zero-order chi connectivity index (χ0) is 18.7. The van der Waals surface area contributed by atoms with Crippen LogP contribution in [0.15, 0.2) is 61.2 Å². The lowest BCUT2D eigenvalue weighted by atomic mass is 10.1. The number of carbonyl (C=O) groups excluding carboxylic acids is 1. The van der Waals surface area contributed by atoms with E-state index in [2.05, 4.69) is 16.5 Å². The lowest BCUT2D eigenvalue weighted by Crippen LogP contribution is -2.29. The van der Waals surface area contributed by atoms with Crippen molar-refractivity contribution in [3.05, 3.63) is 71.3 Å². The van der Waals surface area contributed by atoms with E-state index in [4.69, 9.17) is 23.2 Å². The van der Waals surface area contributed by atoms with Crippen molar-refractivity contribution < 1.29 is 4.79 Å². The molecule has 2 aromatic carbocycles. The number of aromatic amines is 1. The monoisotopic (exact) mass is 385 g/mol. The second-order valence-electron chi connectivity index (χ2n) is 5.65. The minimum atomic E-state index is -0.143. The number of benzene rings is 2. The van der Waals surface area contributed by atoms with E-state index in [1.54, 1.807) is 42.2 Å². The van der Waals surface area contributed by atoms with Gasteiger partial charge in [-0.25, -0.2) is 4.98 Å². The van der Waals surface area contributed by atoms with Gasteiger partial charge in [-0.3, -0.25) is 4.79 Å². The first-order chi connectivity index (χ1) is 12.5. The molecule has 1 aromatic heterocycles. The lowest BCUT2D eigenvalue weighted by molar-refractivity contribution is -0.114.